The van der Waals surface area contributed by atoms with E-state index < -0.39 is 5.97 Å². The number of benzene rings is 1. The Morgan fingerprint density at radius 1 is 1.03 bits per heavy atom. The predicted molar refractivity (Wildman–Crippen MR) is 160 cm³/mol. The third kappa shape index (κ3) is 5.29. The van der Waals surface area contributed by atoms with Gasteiger partial charge in [-0.3, -0.25) is 4.79 Å². The van der Waals surface area contributed by atoms with Crippen LogP contribution in [0.5, 0.6) is 0 Å². The maximum absolute atomic E-state index is 11.2. The molecule has 0 aromatic heterocycles. The van der Waals surface area contributed by atoms with Gasteiger partial charge < -0.3 is 14.7 Å². The number of carboxylic acids is 1. The molecule has 0 amide bonds. The second kappa shape index (κ2) is 11.0. The van der Waals surface area contributed by atoms with Crippen molar-refractivity contribution in [3.8, 4) is 0 Å². The molecular weight excluding hydrogens is 482 g/mol. The van der Waals surface area contributed by atoms with E-state index >= 15 is 0 Å². The lowest BCUT2D eigenvalue weighted by Gasteiger charge is -2.65. The molecule has 5 rings (SSSR count). The molecule has 4 aliphatic carbocycles. The third-order valence-electron chi connectivity index (χ3n) is 13.2. The number of likely N-dealkylation sites (N-methyl/N-ethyl adjacent to an activating group) is 1. The third-order valence-corrected chi connectivity index (χ3v) is 13.2. The van der Waals surface area contributed by atoms with Gasteiger partial charge in [-0.1, -0.05) is 45.4 Å². The van der Waals surface area contributed by atoms with Crippen molar-refractivity contribution in [2.24, 2.45) is 45.8 Å². The van der Waals surface area contributed by atoms with Gasteiger partial charge in [0.1, 0.15) is 0 Å². The topological polar surface area (TPSA) is 49.8 Å². The highest BCUT2D eigenvalue weighted by molar-refractivity contribution is 5.66. The van der Waals surface area contributed by atoms with E-state index in [-0.39, 0.29) is 0 Å². The molecule has 0 bridgehead atoms. The Balaban J connectivity index is 1.19. The van der Waals surface area contributed by atoms with Gasteiger partial charge >= 0.3 is 5.97 Å². The van der Waals surface area contributed by atoms with Crippen LogP contribution in [0, 0.1) is 52.8 Å². The number of aliphatic carboxylic acids is 1. The molecule has 1 aromatic carbocycles. The van der Waals surface area contributed by atoms with E-state index in [1.807, 2.05) is 0 Å². The zero-order chi connectivity index (χ0) is 28.0. The standard InChI is InChI=1S/C35H55NO3/c1-24-7-10-26(11-8-24)36(6)21-22-39-27-15-20-35(5)31-17-19-34(4)29(25(2)9-14-32(37)38)12-13-30(34)28(31)16-18-33(35,3)23-27/h7-8,10-11,25,27-31H,9,12-23H2,1-6H3,(H,37,38)/t25-,27?,28?,29?,30+,31?,33?,34-,35?/m1/s1. The largest absolute Gasteiger partial charge is 0.481 e. The molecule has 4 heteroatoms. The minimum atomic E-state index is -0.636. The number of hydrogen-bond acceptors (Lipinski definition) is 3. The van der Waals surface area contributed by atoms with Crippen molar-refractivity contribution in [1.29, 1.82) is 0 Å². The van der Waals surface area contributed by atoms with Gasteiger partial charge in [0.15, 0.2) is 0 Å². The minimum absolute atomic E-state index is 0.326. The molecule has 4 fully saturated rings. The molecule has 0 aliphatic heterocycles. The van der Waals surface area contributed by atoms with Gasteiger partial charge in [-0.25, -0.2) is 0 Å². The molecule has 0 radical (unpaired) electrons. The molecule has 4 saturated carbocycles. The smallest absolute Gasteiger partial charge is 0.303 e. The summed E-state index contributed by atoms with van der Waals surface area (Å²) < 4.78 is 6.58. The first kappa shape index (κ1) is 29.0. The average Bonchev–Trinajstić information content (AvgIpc) is 3.25. The van der Waals surface area contributed by atoms with Crippen LogP contribution >= 0.6 is 0 Å². The number of ether oxygens (including phenoxy) is 1. The lowest BCUT2D eigenvalue weighted by Crippen LogP contribution is -2.58. The number of fused-ring (bicyclic) bond motifs is 5. The Morgan fingerprint density at radius 2 is 1.77 bits per heavy atom. The summed E-state index contributed by atoms with van der Waals surface area (Å²) in [6, 6.07) is 8.79. The number of hydrogen-bond donors (Lipinski definition) is 1. The highest BCUT2D eigenvalue weighted by Crippen LogP contribution is 2.71. The minimum Gasteiger partial charge on any atom is -0.481 e. The van der Waals surface area contributed by atoms with Gasteiger partial charge in [-0.05, 0) is 129 Å². The molecule has 4 aliphatic rings. The highest BCUT2D eigenvalue weighted by atomic mass is 16.5. The Morgan fingerprint density at radius 3 is 2.49 bits per heavy atom. The van der Waals surface area contributed by atoms with Crippen LogP contribution in [-0.2, 0) is 9.53 Å². The van der Waals surface area contributed by atoms with Crippen molar-refractivity contribution in [1.82, 2.24) is 0 Å². The fourth-order valence-corrected chi connectivity index (χ4v) is 10.5. The van der Waals surface area contributed by atoms with Crippen LogP contribution in [0.1, 0.15) is 104 Å². The van der Waals surface area contributed by atoms with Crippen molar-refractivity contribution in [3.63, 3.8) is 0 Å². The molecule has 218 valence electrons. The van der Waals surface area contributed by atoms with Crippen molar-refractivity contribution in [3.05, 3.63) is 29.8 Å². The predicted octanol–water partition coefficient (Wildman–Crippen LogP) is 8.37. The van der Waals surface area contributed by atoms with Crippen LogP contribution in [0.25, 0.3) is 0 Å². The SMILES string of the molecule is Cc1ccc(N(C)CCOC2CCC3(C)C4CC[C@]5(C)C([C@H](C)CCC(=O)O)CC[C@H]5C4CCC3(C)C2)cc1. The lowest BCUT2D eigenvalue weighted by molar-refractivity contribution is -0.177. The first-order valence-corrected chi connectivity index (χ1v) is 16.1. The average molecular weight is 538 g/mol. The van der Waals surface area contributed by atoms with E-state index in [9.17, 15) is 9.90 Å². The van der Waals surface area contributed by atoms with Crippen LogP contribution in [-0.4, -0.2) is 37.4 Å². The summed E-state index contributed by atoms with van der Waals surface area (Å²) in [4.78, 5) is 13.6. The van der Waals surface area contributed by atoms with E-state index in [1.54, 1.807) is 0 Å². The zero-order valence-corrected chi connectivity index (χ0v) is 25.7. The fraction of sp³-hybridized carbons (Fsp3) is 0.800. The number of rotatable bonds is 9. The van der Waals surface area contributed by atoms with E-state index in [0.717, 1.165) is 37.3 Å². The van der Waals surface area contributed by atoms with Gasteiger partial charge in [0.2, 0.25) is 0 Å². The highest BCUT2D eigenvalue weighted by Gasteiger charge is 2.63. The number of carboxylic acid groups (broad SMARTS) is 1. The molecule has 0 heterocycles. The number of carbonyl (C=O) groups is 1. The molecule has 9 atom stereocenters. The first-order chi connectivity index (χ1) is 18.5. The van der Waals surface area contributed by atoms with Gasteiger partial charge in [0.05, 0.1) is 12.7 Å². The second-order valence-electron chi connectivity index (χ2n) is 15.0. The number of nitrogens with zero attached hydrogens (tertiary/aromatic N) is 1. The van der Waals surface area contributed by atoms with Gasteiger partial charge in [-0.15, -0.1) is 0 Å². The summed E-state index contributed by atoms with van der Waals surface area (Å²) >= 11 is 0. The number of anilines is 1. The molecule has 1 N–H and O–H groups in total. The maximum atomic E-state index is 11.2. The Labute approximate surface area is 238 Å². The Kier molecular flexibility index (Phi) is 8.19. The molecule has 4 nitrogen and oxygen atoms in total. The van der Waals surface area contributed by atoms with Crippen LogP contribution in [0.15, 0.2) is 24.3 Å². The zero-order valence-electron chi connectivity index (χ0n) is 25.7. The van der Waals surface area contributed by atoms with Crippen molar-refractivity contribution in [2.75, 3.05) is 25.1 Å². The lowest BCUT2D eigenvalue weighted by atomic mass is 9.40. The van der Waals surface area contributed by atoms with Crippen LogP contribution in [0.2, 0.25) is 0 Å². The van der Waals surface area contributed by atoms with Crippen molar-refractivity contribution >= 4 is 11.7 Å². The molecular formula is C35H55NO3. The fourth-order valence-electron chi connectivity index (χ4n) is 10.5. The van der Waals surface area contributed by atoms with Crippen LogP contribution < -0.4 is 4.90 Å². The number of aryl methyl sites for hydroxylation is 1. The van der Waals surface area contributed by atoms with Crippen molar-refractivity contribution < 1.29 is 14.6 Å². The van der Waals surface area contributed by atoms with Gasteiger partial charge in [-0.2, -0.15) is 0 Å². The summed E-state index contributed by atoms with van der Waals surface area (Å²) in [6.07, 6.45) is 13.4. The Hall–Kier alpha value is -1.55. The first-order valence-electron chi connectivity index (χ1n) is 16.1. The normalized spacial score (nSPS) is 40.3. The molecule has 1 aromatic rings. The van der Waals surface area contributed by atoms with Crippen LogP contribution in [0.4, 0.5) is 5.69 Å². The molecule has 0 saturated heterocycles. The summed E-state index contributed by atoms with van der Waals surface area (Å²) in [5.41, 5.74) is 3.77. The van der Waals surface area contributed by atoms with E-state index in [0.29, 0.717) is 40.6 Å². The molecule has 6 unspecified atom stereocenters. The summed E-state index contributed by atoms with van der Waals surface area (Å²) in [7, 11) is 2.17. The van der Waals surface area contributed by atoms with E-state index in [1.165, 1.54) is 69.0 Å². The molecule has 39 heavy (non-hydrogen) atoms. The Bertz CT molecular complexity index is 1010. The van der Waals surface area contributed by atoms with Crippen LogP contribution in [0.3, 0.4) is 0 Å². The maximum Gasteiger partial charge on any atom is 0.303 e. The second-order valence-corrected chi connectivity index (χ2v) is 15.0. The van der Waals surface area contributed by atoms with E-state index in [4.69, 9.17) is 4.74 Å². The molecule has 0 spiro atoms. The monoisotopic (exact) mass is 537 g/mol. The summed E-state index contributed by atoms with van der Waals surface area (Å²) in [6.45, 7) is 14.1. The van der Waals surface area contributed by atoms with Gasteiger partial charge in [0.25, 0.3) is 0 Å². The summed E-state index contributed by atoms with van der Waals surface area (Å²) in [5, 5.41) is 9.25. The quantitative estimate of drug-likeness (QED) is 0.344. The van der Waals surface area contributed by atoms with Gasteiger partial charge in [0, 0.05) is 25.7 Å². The van der Waals surface area contributed by atoms with E-state index in [2.05, 4.69) is 70.8 Å². The summed E-state index contributed by atoms with van der Waals surface area (Å²) in [5.74, 6) is 3.12. The van der Waals surface area contributed by atoms with Crippen molar-refractivity contribution in [2.45, 2.75) is 111 Å².